The molecule has 9 nitrogen and oxygen atoms in total. The number of ether oxygens (including phenoxy) is 5. The highest BCUT2D eigenvalue weighted by Crippen LogP contribution is 2.31. The van der Waals surface area contributed by atoms with E-state index in [2.05, 4.69) is 10.6 Å². The van der Waals surface area contributed by atoms with Crippen molar-refractivity contribution in [2.75, 3.05) is 66.4 Å². The molecule has 1 unspecified atom stereocenters. The van der Waals surface area contributed by atoms with Crippen LogP contribution in [0.2, 0.25) is 0 Å². The fraction of sp³-hybridized carbons (Fsp3) is 0.619. The number of carbonyl (C=O) groups excluding carboxylic acids is 2. The Bertz CT molecular complexity index is 658. The first-order valence-electron chi connectivity index (χ1n) is 10.3. The zero-order chi connectivity index (χ0) is 21.6. The molecule has 0 spiro atoms. The van der Waals surface area contributed by atoms with Crippen LogP contribution in [0.3, 0.4) is 0 Å². The first-order valence-corrected chi connectivity index (χ1v) is 10.3. The molecule has 0 saturated heterocycles. The first kappa shape index (κ1) is 24.1. The summed E-state index contributed by atoms with van der Waals surface area (Å²) in [5.74, 6) is -0.608. The zero-order valence-electron chi connectivity index (χ0n) is 17.7. The SMILES string of the molecule is CCNC1=CCC2C=C(C(=O)NCCOCCOCCOCCOC)C(=O)OC2=C1. The van der Waals surface area contributed by atoms with Gasteiger partial charge in [-0.15, -0.1) is 0 Å². The Morgan fingerprint density at radius 3 is 2.43 bits per heavy atom. The zero-order valence-corrected chi connectivity index (χ0v) is 17.7. The highest BCUT2D eigenvalue weighted by atomic mass is 16.6. The lowest BCUT2D eigenvalue weighted by Gasteiger charge is -2.26. The number of esters is 1. The molecule has 0 radical (unpaired) electrons. The monoisotopic (exact) mass is 424 g/mol. The fourth-order valence-corrected chi connectivity index (χ4v) is 2.89. The Labute approximate surface area is 177 Å². The highest BCUT2D eigenvalue weighted by Gasteiger charge is 2.31. The van der Waals surface area contributed by atoms with Gasteiger partial charge in [-0.1, -0.05) is 12.2 Å². The molecule has 1 aliphatic heterocycles. The fourth-order valence-electron chi connectivity index (χ4n) is 2.89. The van der Waals surface area contributed by atoms with Crippen LogP contribution in [0.5, 0.6) is 0 Å². The second-order valence-electron chi connectivity index (χ2n) is 6.63. The number of hydrogen-bond donors (Lipinski definition) is 2. The van der Waals surface area contributed by atoms with E-state index in [0.29, 0.717) is 65.0 Å². The topological polar surface area (TPSA) is 104 Å². The Kier molecular flexibility index (Phi) is 11.2. The summed E-state index contributed by atoms with van der Waals surface area (Å²) >= 11 is 0. The standard InChI is InChI=1S/C21H32N2O7/c1-3-22-17-5-4-16-14-18(21(25)30-19(16)15-17)20(24)23-6-7-27-10-11-29-13-12-28-9-8-26-2/h5,14-16,22H,3-4,6-13H2,1-2H3,(H,23,24). The van der Waals surface area contributed by atoms with Gasteiger partial charge in [0.15, 0.2) is 0 Å². The number of methoxy groups -OCH3 is 1. The van der Waals surface area contributed by atoms with Gasteiger partial charge in [-0.25, -0.2) is 4.79 Å². The van der Waals surface area contributed by atoms with E-state index in [-0.39, 0.29) is 11.5 Å². The molecular weight excluding hydrogens is 392 g/mol. The molecule has 168 valence electrons. The van der Waals surface area contributed by atoms with Gasteiger partial charge in [-0.05, 0) is 13.3 Å². The average Bonchev–Trinajstić information content (AvgIpc) is 2.74. The number of likely N-dealkylation sites (N-methyl/N-ethyl adjacent to an activating group) is 1. The molecule has 1 atom stereocenters. The van der Waals surface area contributed by atoms with E-state index in [9.17, 15) is 9.59 Å². The highest BCUT2D eigenvalue weighted by molar-refractivity contribution is 6.17. The molecule has 2 rings (SSSR count). The molecule has 2 N–H and O–H groups in total. The van der Waals surface area contributed by atoms with Crippen LogP contribution in [0, 0.1) is 5.92 Å². The summed E-state index contributed by atoms with van der Waals surface area (Å²) in [6.07, 6.45) is 6.20. The molecule has 0 aromatic carbocycles. The maximum Gasteiger partial charge on any atom is 0.348 e. The van der Waals surface area contributed by atoms with Crippen LogP contribution in [0.25, 0.3) is 0 Å². The van der Waals surface area contributed by atoms with Crippen LogP contribution < -0.4 is 10.6 Å². The van der Waals surface area contributed by atoms with Crippen LogP contribution in [-0.2, 0) is 33.3 Å². The van der Waals surface area contributed by atoms with Crippen molar-refractivity contribution in [3.8, 4) is 0 Å². The Morgan fingerprint density at radius 2 is 1.77 bits per heavy atom. The summed E-state index contributed by atoms with van der Waals surface area (Å²) in [6, 6.07) is 0. The molecule has 9 heteroatoms. The van der Waals surface area contributed by atoms with Crippen molar-refractivity contribution in [3.05, 3.63) is 35.3 Å². The molecular formula is C21H32N2O7. The van der Waals surface area contributed by atoms with Crippen molar-refractivity contribution in [1.29, 1.82) is 0 Å². The van der Waals surface area contributed by atoms with Gasteiger partial charge in [0.05, 0.1) is 46.2 Å². The summed E-state index contributed by atoms with van der Waals surface area (Å²) in [5, 5.41) is 5.88. The number of fused-ring (bicyclic) bond motifs is 1. The lowest BCUT2D eigenvalue weighted by Crippen LogP contribution is -2.35. The van der Waals surface area contributed by atoms with Crippen molar-refractivity contribution < 1.29 is 33.3 Å². The Hall–Kier alpha value is -2.20. The van der Waals surface area contributed by atoms with Crippen LogP contribution in [0.1, 0.15) is 13.3 Å². The number of allylic oxidation sites excluding steroid dienone is 3. The molecule has 1 heterocycles. The third-order valence-corrected chi connectivity index (χ3v) is 4.39. The largest absolute Gasteiger partial charge is 0.427 e. The van der Waals surface area contributed by atoms with Gasteiger partial charge < -0.3 is 34.3 Å². The molecule has 0 saturated carbocycles. The van der Waals surface area contributed by atoms with Crippen molar-refractivity contribution in [2.24, 2.45) is 5.92 Å². The Balaban J connectivity index is 1.58. The molecule has 0 fully saturated rings. The van der Waals surface area contributed by atoms with E-state index in [1.54, 1.807) is 13.2 Å². The average molecular weight is 424 g/mol. The third-order valence-electron chi connectivity index (χ3n) is 4.39. The van der Waals surface area contributed by atoms with Gasteiger partial charge in [-0.2, -0.15) is 0 Å². The maximum atomic E-state index is 12.3. The molecule has 0 aromatic heterocycles. The second-order valence-corrected chi connectivity index (χ2v) is 6.63. The lowest BCUT2D eigenvalue weighted by atomic mass is 9.92. The van der Waals surface area contributed by atoms with Gasteiger partial charge in [0, 0.05) is 37.9 Å². The predicted molar refractivity (Wildman–Crippen MR) is 109 cm³/mol. The van der Waals surface area contributed by atoms with Gasteiger partial charge in [0.25, 0.3) is 5.91 Å². The number of rotatable bonds is 15. The molecule has 0 aromatic rings. The second kappa shape index (κ2) is 13.9. The number of hydrogen-bond acceptors (Lipinski definition) is 8. The lowest BCUT2D eigenvalue weighted by molar-refractivity contribution is -0.138. The number of carbonyl (C=O) groups is 2. The molecule has 1 aliphatic carbocycles. The first-order chi connectivity index (χ1) is 14.7. The van der Waals surface area contributed by atoms with Crippen molar-refractivity contribution >= 4 is 11.9 Å². The van der Waals surface area contributed by atoms with Gasteiger partial charge >= 0.3 is 5.97 Å². The number of amides is 1. The van der Waals surface area contributed by atoms with Crippen molar-refractivity contribution in [3.63, 3.8) is 0 Å². The van der Waals surface area contributed by atoms with E-state index in [0.717, 1.165) is 12.2 Å². The number of nitrogens with one attached hydrogen (secondary N) is 2. The summed E-state index contributed by atoms with van der Waals surface area (Å²) in [5.41, 5.74) is 0.965. The minimum Gasteiger partial charge on any atom is -0.427 e. The normalized spacial score (nSPS) is 18.0. The summed E-state index contributed by atoms with van der Waals surface area (Å²) in [6.45, 7) is 6.37. The van der Waals surface area contributed by atoms with E-state index in [1.165, 1.54) is 0 Å². The molecule has 0 bridgehead atoms. The minimum absolute atomic E-state index is 0.0363. The summed E-state index contributed by atoms with van der Waals surface area (Å²) < 4.78 is 26.3. The van der Waals surface area contributed by atoms with Gasteiger partial charge in [0.2, 0.25) is 0 Å². The quantitative estimate of drug-likeness (QED) is 0.225. The van der Waals surface area contributed by atoms with E-state index in [4.69, 9.17) is 23.7 Å². The predicted octanol–water partition coefficient (Wildman–Crippen LogP) is 0.679. The van der Waals surface area contributed by atoms with Crippen LogP contribution in [-0.4, -0.2) is 78.3 Å². The minimum atomic E-state index is -0.630. The third kappa shape index (κ3) is 8.27. The van der Waals surface area contributed by atoms with Gasteiger partial charge in [-0.3, -0.25) is 4.79 Å². The Morgan fingerprint density at radius 1 is 1.10 bits per heavy atom. The molecule has 2 aliphatic rings. The van der Waals surface area contributed by atoms with Crippen LogP contribution in [0.15, 0.2) is 35.3 Å². The van der Waals surface area contributed by atoms with Gasteiger partial charge in [0.1, 0.15) is 11.3 Å². The summed E-state index contributed by atoms with van der Waals surface area (Å²) in [7, 11) is 1.62. The smallest absolute Gasteiger partial charge is 0.348 e. The maximum absolute atomic E-state index is 12.3. The van der Waals surface area contributed by atoms with Crippen molar-refractivity contribution in [2.45, 2.75) is 13.3 Å². The van der Waals surface area contributed by atoms with Crippen LogP contribution in [0.4, 0.5) is 0 Å². The molecule has 30 heavy (non-hydrogen) atoms. The summed E-state index contributed by atoms with van der Waals surface area (Å²) in [4.78, 5) is 24.5. The van der Waals surface area contributed by atoms with E-state index in [1.807, 2.05) is 19.1 Å². The van der Waals surface area contributed by atoms with Crippen LogP contribution >= 0.6 is 0 Å². The van der Waals surface area contributed by atoms with Crippen molar-refractivity contribution in [1.82, 2.24) is 10.6 Å². The van der Waals surface area contributed by atoms with E-state index >= 15 is 0 Å². The van der Waals surface area contributed by atoms with E-state index < -0.39 is 11.9 Å². The molecule has 1 amide bonds.